The van der Waals surface area contributed by atoms with Crippen molar-refractivity contribution in [2.45, 2.75) is 77.3 Å². The minimum atomic E-state index is 0.387. The van der Waals surface area contributed by atoms with Crippen LogP contribution in [-0.2, 0) is 0 Å². The van der Waals surface area contributed by atoms with Crippen LogP contribution < -0.4 is 5.32 Å². The third kappa shape index (κ3) is 4.46. The summed E-state index contributed by atoms with van der Waals surface area (Å²) in [7, 11) is 6.72. The molecule has 1 saturated carbocycles. The fraction of sp³-hybridized carbons (Fsp3) is 1.00. The highest BCUT2D eigenvalue weighted by Gasteiger charge is 2.41. The lowest BCUT2D eigenvalue weighted by Crippen LogP contribution is -2.59. The lowest BCUT2D eigenvalue weighted by Gasteiger charge is -2.50. The van der Waals surface area contributed by atoms with E-state index in [0.29, 0.717) is 11.6 Å². The summed E-state index contributed by atoms with van der Waals surface area (Å²) in [5, 5.41) is 3.64. The van der Waals surface area contributed by atoms with E-state index in [4.69, 9.17) is 0 Å². The number of hydrogen-bond donors (Lipinski definition) is 1. The summed E-state index contributed by atoms with van der Waals surface area (Å²) in [5.74, 6) is 1.75. The number of nitrogens with zero attached hydrogens (tertiary/aromatic N) is 1. The Morgan fingerprint density at radius 1 is 1.16 bits per heavy atom. The van der Waals surface area contributed by atoms with Crippen molar-refractivity contribution >= 4 is 0 Å². The number of rotatable bonds is 7. The van der Waals surface area contributed by atoms with Gasteiger partial charge in [-0.3, -0.25) is 0 Å². The van der Waals surface area contributed by atoms with Crippen LogP contribution in [-0.4, -0.2) is 37.6 Å². The van der Waals surface area contributed by atoms with Gasteiger partial charge in [-0.15, -0.1) is 0 Å². The standard InChI is InChI=1S/C17H36N2/c1-14(2)8-7-9-16(18-4)17(19(5)6)12-10-15(3)11-13-17/h14-16,18H,7-13H2,1-6H3. The lowest BCUT2D eigenvalue weighted by molar-refractivity contribution is 0.0419. The molecular formula is C17H36N2. The summed E-state index contributed by atoms with van der Waals surface area (Å²) in [6.45, 7) is 7.07. The Labute approximate surface area is 121 Å². The molecule has 1 rings (SSSR count). The monoisotopic (exact) mass is 268 g/mol. The molecule has 0 saturated heterocycles. The Morgan fingerprint density at radius 2 is 1.74 bits per heavy atom. The van der Waals surface area contributed by atoms with Crippen molar-refractivity contribution in [2.24, 2.45) is 11.8 Å². The van der Waals surface area contributed by atoms with Crippen LogP contribution >= 0.6 is 0 Å². The molecule has 0 aliphatic heterocycles. The van der Waals surface area contributed by atoms with Gasteiger partial charge in [0.05, 0.1) is 0 Å². The van der Waals surface area contributed by atoms with Gasteiger partial charge in [-0.05, 0) is 65.1 Å². The van der Waals surface area contributed by atoms with E-state index < -0.39 is 0 Å². The molecule has 114 valence electrons. The van der Waals surface area contributed by atoms with Gasteiger partial charge >= 0.3 is 0 Å². The summed E-state index contributed by atoms with van der Waals surface area (Å²) >= 11 is 0. The van der Waals surface area contributed by atoms with Gasteiger partial charge in [-0.2, -0.15) is 0 Å². The minimum absolute atomic E-state index is 0.387. The second kappa shape index (κ2) is 7.64. The lowest BCUT2D eigenvalue weighted by atomic mass is 9.71. The summed E-state index contributed by atoms with van der Waals surface area (Å²) in [6, 6.07) is 0.647. The smallest absolute Gasteiger partial charge is 0.0356 e. The average Bonchev–Trinajstić information content (AvgIpc) is 2.35. The van der Waals surface area contributed by atoms with Crippen molar-refractivity contribution in [3.63, 3.8) is 0 Å². The van der Waals surface area contributed by atoms with E-state index in [2.05, 4.69) is 52.1 Å². The average molecular weight is 268 g/mol. The maximum absolute atomic E-state index is 3.64. The van der Waals surface area contributed by atoms with Gasteiger partial charge in [0.2, 0.25) is 0 Å². The van der Waals surface area contributed by atoms with E-state index >= 15 is 0 Å². The molecule has 19 heavy (non-hydrogen) atoms. The zero-order chi connectivity index (χ0) is 14.5. The summed E-state index contributed by atoms with van der Waals surface area (Å²) in [6.07, 6.45) is 9.53. The third-order valence-corrected chi connectivity index (χ3v) is 5.30. The normalized spacial score (nSPS) is 30.0. The van der Waals surface area contributed by atoms with E-state index in [1.807, 2.05) is 0 Å². The van der Waals surface area contributed by atoms with E-state index in [0.717, 1.165) is 11.8 Å². The van der Waals surface area contributed by atoms with Crippen LogP contribution in [0.2, 0.25) is 0 Å². The van der Waals surface area contributed by atoms with Gasteiger partial charge in [0.15, 0.2) is 0 Å². The second-order valence-corrected chi connectivity index (χ2v) is 7.35. The highest BCUT2D eigenvalue weighted by atomic mass is 15.2. The SMILES string of the molecule is CNC(CCCC(C)C)C1(N(C)C)CCC(C)CC1. The number of hydrogen-bond acceptors (Lipinski definition) is 2. The zero-order valence-corrected chi connectivity index (χ0v) is 14.1. The molecule has 1 N–H and O–H groups in total. The molecule has 0 aromatic heterocycles. The molecule has 0 aromatic carbocycles. The highest BCUT2D eigenvalue weighted by molar-refractivity contribution is 5.00. The largest absolute Gasteiger partial charge is 0.315 e. The van der Waals surface area contributed by atoms with Crippen LogP contribution in [0, 0.1) is 11.8 Å². The fourth-order valence-corrected chi connectivity index (χ4v) is 3.78. The molecule has 2 nitrogen and oxygen atoms in total. The molecule has 1 unspecified atom stereocenters. The van der Waals surface area contributed by atoms with Gasteiger partial charge in [-0.1, -0.05) is 33.6 Å². The van der Waals surface area contributed by atoms with Crippen molar-refractivity contribution in [1.82, 2.24) is 10.2 Å². The molecule has 0 bridgehead atoms. The maximum atomic E-state index is 3.64. The van der Waals surface area contributed by atoms with Crippen molar-refractivity contribution in [1.29, 1.82) is 0 Å². The van der Waals surface area contributed by atoms with Crippen LogP contribution in [0.4, 0.5) is 0 Å². The topological polar surface area (TPSA) is 15.3 Å². The molecule has 0 heterocycles. The predicted molar refractivity (Wildman–Crippen MR) is 85.6 cm³/mol. The Balaban J connectivity index is 2.66. The van der Waals surface area contributed by atoms with Gasteiger partial charge in [-0.25, -0.2) is 0 Å². The molecule has 1 fully saturated rings. The molecular weight excluding hydrogens is 232 g/mol. The third-order valence-electron chi connectivity index (χ3n) is 5.30. The minimum Gasteiger partial charge on any atom is -0.315 e. The van der Waals surface area contributed by atoms with E-state index in [9.17, 15) is 0 Å². The summed E-state index contributed by atoms with van der Waals surface area (Å²) in [5.41, 5.74) is 0.387. The zero-order valence-electron chi connectivity index (χ0n) is 14.1. The first-order chi connectivity index (χ1) is 8.92. The number of likely N-dealkylation sites (N-methyl/N-ethyl adjacent to an activating group) is 2. The van der Waals surface area contributed by atoms with Gasteiger partial charge < -0.3 is 10.2 Å². The van der Waals surface area contributed by atoms with Gasteiger partial charge in [0.25, 0.3) is 0 Å². The number of nitrogens with one attached hydrogen (secondary N) is 1. The summed E-state index contributed by atoms with van der Waals surface area (Å²) < 4.78 is 0. The van der Waals surface area contributed by atoms with Crippen LogP contribution in [0.3, 0.4) is 0 Å². The molecule has 2 heteroatoms. The fourth-order valence-electron chi connectivity index (χ4n) is 3.78. The van der Waals surface area contributed by atoms with Crippen LogP contribution in [0.1, 0.15) is 65.7 Å². The first kappa shape index (κ1) is 17.0. The van der Waals surface area contributed by atoms with Gasteiger partial charge in [0.1, 0.15) is 0 Å². The Bertz CT molecular complexity index is 240. The van der Waals surface area contributed by atoms with Crippen LogP contribution in [0.5, 0.6) is 0 Å². The molecule has 0 spiro atoms. The van der Waals surface area contributed by atoms with Crippen molar-refractivity contribution in [3.05, 3.63) is 0 Å². The van der Waals surface area contributed by atoms with Crippen molar-refractivity contribution < 1.29 is 0 Å². The quantitative estimate of drug-likeness (QED) is 0.753. The van der Waals surface area contributed by atoms with Crippen molar-refractivity contribution in [2.75, 3.05) is 21.1 Å². The van der Waals surface area contributed by atoms with Gasteiger partial charge in [0, 0.05) is 11.6 Å². The molecule has 0 amide bonds. The molecule has 1 atom stereocenters. The van der Waals surface area contributed by atoms with Crippen molar-refractivity contribution in [3.8, 4) is 0 Å². The van der Waals surface area contributed by atoms with E-state index in [-0.39, 0.29) is 0 Å². The Kier molecular flexibility index (Phi) is 6.82. The molecule has 0 aromatic rings. The van der Waals surface area contributed by atoms with E-state index in [1.165, 1.54) is 44.9 Å². The molecule has 0 radical (unpaired) electrons. The Morgan fingerprint density at radius 3 is 2.16 bits per heavy atom. The molecule has 1 aliphatic carbocycles. The predicted octanol–water partition coefficient (Wildman–Crippen LogP) is 3.91. The Hall–Kier alpha value is -0.0800. The first-order valence-corrected chi connectivity index (χ1v) is 8.27. The first-order valence-electron chi connectivity index (χ1n) is 8.27. The van der Waals surface area contributed by atoms with Crippen LogP contribution in [0.15, 0.2) is 0 Å². The second-order valence-electron chi connectivity index (χ2n) is 7.35. The van der Waals surface area contributed by atoms with Crippen LogP contribution in [0.25, 0.3) is 0 Å². The maximum Gasteiger partial charge on any atom is 0.0356 e. The summed E-state index contributed by atoms with van der Waals surface area (Å²) in [4.78, 5) is 2.51. The molecule has 1 aliphatic rings. The van der Waals surface area contributed by atoms with E-state index in [1.54, 1.807) is 0 Å². The highest BCUT2D eigenvalue weighted by Crippen LogP contribution is 2.39.